The Morgan fingerprint density at radius 2 is 2.11 bits per heavy atom. The lowest BCUT2D eigenvalue weighted by atomic mass is 10.3. The van der Waals surface area contributed by atoms with E-state index in [9.17, 15) is 0 Å². The van der Waals surface area contributed by atoms with Gasteiger partial charge >= 0.3 is 0 Å². The summed E-state index contributed by atoms with van der Waals surface area (Å²) in [5, 5.41) is 7.80. The van der Waals surface area contributed by atoms with E-state index in [4.69, 9.17) is 14.5 Å². The molecule has 28 heavy (non-hydrogen) atoms. The van der Waals surface area contributed by atoms with Crippen molar-refractivity contribution >= 4 is 23.0 Å². The number of hydrogen-bond donors (Lipinski definition) is 2. The maximum absolute atomic E-state index is 5.77. The van der Waals surface area contributed by atoms with Crippen LogP contribution in [0.3, 0.4) is 0 Å². The quantitative estimate of drug-likeness (QED) is 0.336. The van der Waals surface area contributed by atoms with Crippen LogP contribution in [0.15, 0.2) is 29.3 Å². The third kappa shape index (κ3) is 7.48. The average Bonchev–Trinajstić information content (AvgIpc) is 3.05. The fraction of sp³-hybridized carbons (Fsp3) is 0.524. The van der Waals surface area contributed by atoms with Gasteiger partial charge in [-0.25, -0.2) is 4.98 Å². The van der Waals surface area contributed by atoms with E-state index >= 15 is 0 Å². The highest BCUT2D eigenvalue weighted by atomic mass is 32.1. The zero-order chi connectivity index (χ0) is 20.2. The fourth-order valence-corrected chi connectivity index (χ4v) is 3.70. The molecule has 1 heterocycles. The maximum atomic E-state index is 5.77. The first-order chi connectivity index (χ1) is 13.7. The minimum atomic E-state index is 0.637. The van der Waals surface area contributed by atoms with Crippen LogP contribution in [0.25, 0.3) is 0 Å². The first-order valence-electron chi connectivity index (χ1n) is 9.88. The Morgan fingerprint density at radius 3 is 2.82 bits per heavy atom. The molecule has 1 aromatic carbocycles. The van der Waals surface area contributed by atoms with Gasteiger partial charge in [0.05, 0.1) is 17.3 Å². The summed E-state index contributed by atoms with van der Waals surface area (Å²) in [4.78, 5) is 10.7. The lowest BCUT2D eigenvalue weighted by Crippen LogP contribution is -2.30. The molecule has 2 N–H and O–H groups in total. The van der Waals surface area contributed by atoms with E-state index in [0.717, 1.165) is 48.2 Å². The molecule has 0 aliphatic carbocycles. The number of nitrogens with zero attached hydrogens (tertiary/aromatic N) is 2. The third-order valence-corrected chi connectivity index (χ3v) is 5.14. The fourth-order valence-electron chi connectivity index (χ4n) is 2.69. The van der Waals surface area contributed by atoms with Crippen LogP contribution in [-0.4, -0.2) is 44.4 Å². The molecule has 0 spiro atoms. The van der Waals surface area contributed by atoms with E-state index in [1.807, 2.05) is 24.3 Å². The number of aryl methyl sites for hydroxylation is 2. The van der Waals surface area contributed by atoms with Crippen molar-refractivity contribution in [1.29, 1.82) is 0 Å². The van der Waals surface area contributed by atoms with Crippen LogP contribution in [0.5, 0.6) is 5.75 Å². The summed E-state index contributed by atoms with van der Waals surface area (Å²) < 4.78 is 10.8. The van der Waals surface area contributed by atoms with Crippen LogP contribution < -0.4 is 15.4 Å². The summed E-state index contributed by atoms with van der Waals surface area (Å²) >= 11 is 1.77. The number of nitrogens with one attached hydrogen (secondary N) is 2. The molecule has 2 rings (SSSR count). The van der Waals surface area contributed by atoms with Gasteiger partial charge in [-0.2, -0.15) is 0 Å². The van der Waals surface area contributed by atoms with Gasteiger partial charge in [-0.15, -0.1) is 11.3 Å². The number of anilines is 1. The van der Waals surface area contributed by atoms with Crippen molar-refractivity contribution in [3.05, 3.63) is 39.8 Å². The number of aromatic nitrogens is 1. The molecule has 0 radical (unpaired) electrons. The standard InChI is InChI=1S/C21H32N4O2S/c1-5-19-16(3)28-20(25-19)11-12-23-21(22-6-2)24-17-9-7-10-18(15-17)27-14-8-13-26-4/h7,9-10,15H,5-6,8,11-14H2,1-4H3,(H2,22,23,24). The molecule has 2 aromatic rings. The van der Waals surface area contributed by atoms with Crippen molar-refractivity contribution in [3.63, 3.8) is 0 Å². The maximum Gasteiger partial charge on any atom is 0.195 e. The Balaban J connectivity index is 1.92. The highest BCUT2D eigenvalue weighted by molar-refractivity contribution is 7.11. The summed E-state index contributed by atoms with van der Waals surface area (Å²) in [6.07, 6.45) is 2.71. The number of rotatable bonds is 11. The third-order valence-electron chi connectivity index (χ3n) is 4.07. The lowest BCUT2D eigenvalue weighted by molar-refractivity contribution is 0.172. The molecule has 0 saturated carbocycles. The Morgan fingerprint density at radius 1 is 1.25 bits per heavy atom. The minimum Gasteiger partial charge on any atom is -0.493 e. The highest BCUT2D eigenvalue weighted by Gasteiger charge is 2.06. The summed E-state index contributed by atoms with van der Waals surface area (Å²) in [5.41, 5.74) is 2.15. The van der Waals surface area contributed by atoms with Crippen molar-refractivity contribution in [2.45, 2.75) is 40.0 Å². The number of methoxy groups -OCH3 is 1. The summed E-state index contributed by atoms with van der Waals surface area (Å²) in [5.74, 6) is 1.60. The molecule has 154 valence electrons. The summed E-state index contributed by atoms with van der Waals surface area (Å²) in [6, 6.07) is 7.92. The summed E-state index contributed by atoms with van der Waals surface area (Å²) in [6.45, 7) is 9.18. The molecule has 0 fully saturated rings. The van der Waals surface area contributed by atoms with Crippen LogP contribution in [0, 0.1) is 6.92 Å². The van der Waals surface area contributed by atoms with Gasteiger partial charge in [0, 0.05) is 56.3 Å². The Bertz CT molecular complexity index is 746. The van der Waals surface area contributed by atoms with E-state index in [0.29, 0.717) is 19.8 Å². The van der Waals surface area contributed by atoms with E-state index in [1.54, 1.807) is 18.4 Å². The first-order valence-corrected chi connectivity index (χ1v) is 10.7. The molecule has 0 amide bonds. The minimum absolute atomic E-state index is 0.637. The molecule has 0 atom stereocenters. The van der Waals surface area contributed by atoms with Gasteiger partial charge < -0.3 is 20.1 Å². The largest absolute Gasteiger partial charge is 0.493 e. The molecule has 0 bridgehead atoms. The molecular formula is C21H32N4O2S. The monoisotopic (exact) mass is 404 g/mol. The SMILES string of the molecule is CCNC(=NCCc1nc(CC)c(C)s1)Nc1cccc(OCCCOC)c1. The predicted octanol–water partition coefficient (Wildman–Crippen LogP) is 4.05. The number of aliphatic imine (C=N–C) groups is 1. The van der Waals surface area contributed by atoms with Crippen molar-refractivity contribution in [2.75, 3.05) is 38.7 Å². The number of hydrogen-bond acceptors (Lipinski definition) is 5. The van der Waals surface area contributed by atoms with E-state index in [1.165, 1.54) is 10.6 Å². The van der Waals surface area contributed by atoms with Gasteiger partial charge in [0.2, 0.25) is 0 Å². The number of benzene rings is 1. The highest BCUT2D eigenvalue weighted by Crippen LogP contribution is 2.19. The Kier molecular flexibility index (Phi) is 9.79. The molecule has 0 unspecified atom stereocenters. The molecule has 0 aliphatic heterocycles. The average molecular weight is 405 g/mol. The zero-order valence-electron chi connectivity index (χ0n) is 17.4. The Hall–Kier alpha value is -2.12. The van der Waals surface area contributed by atoms with Crippen molar-refractivity contribution < 1.29 is 9.47 Å². The van der Waals surface area contributed by atoms with Crippen molar-refractivity contribution in [3.8, 4) is 5.75 Å². The summed E-state index contributed by atoms with van der Waals surface area (Å²) in [7, 11) is 1.70. The van der Waals surface area contributed by atoms with Gasteiger partial charge in [-0.05, 0) is 32.4 Å². The first kappa shape index (κ1) is 22.2. The second kappa shape index (κ2) is 12.4. The molecule has 7 heteroatoms. The van der Waals surface area contributed by atoms with Gasteiger partial charge in [0.1, 0.15) is 5.75 Å². The normalized spacial score (nSPS) is 11.5. The van der Waals surface area contributed by atoms with Gasteiger partial charge in [0.25, 0.3) is 0 Å². The van der Waals surface area contributed by atoms with Crippen LogP contribution >= 0.6 is 11.3 Å². The second-order valence-corrected chi connectivity index (χ2v) is 7.61. The predicted molar refractivity (Wildman–Crippen MR) is 118 cm³/mol. The molecule has 1 aromatic heterocycles. The van der Waals surface area contributed by atoms with Crippen LogP contribution in [0.2, 0.25) is 0 Å². The lowest BCUT2D eigenvalue weighted by Gasteiger charge is -2.12. The smallest absolute Gasteiger partial charge is 0.195 e. The van der Waals surface area contributed by atoms with Crippen LogP contribution in [0.1, 0.15) is 35.8 Å². The zero-order valence-corrected chi connectivity index (χ0v) is 18.2. The molecular weight excluding hydrogens is 372 g/mol. The number of guanidine groups is 1. The van der Waals surface area contributed by atoms with Crippen LogP contribution in [0.4, 0.5) is 5.69 Å². The van der Waals surface area contributed by atoms with E-state index in [2.05, 4.69) is 36.4 Å². The van der Waals surface area contributed by atoms with Crippen LogP contribution in [-0.2, 0) is 17.6 Å². The molecule has 0 saturated heterocycles. The topological polar surface area (TPSA) is 67.8 Å². The van der Waals surface area contributed by atoms with E-state index in [-0.39, 0.29) is 0 Å². The number of ether oxygens (including phenoxy) is 2. The van der Waals surface area contributed by atoms with Crippen molar-refractivity contribution in [2.24, 2.45) is 4.99 Å². The Labute approximate surface area is 172 Å². The second-order valence-electron chi connectivity index (χ2n) is 6.32. The van der Waals surface area contributed by atoms with Gasteiger partial charge in [-0.3, -0.25) is 4.99 Å². The molecule has 6 nitrogen and oxygen atoms in total. The molecule has 0 aliphatic rings. The van der Waals surface area contributed by atoms with Gasteiger partial charge in [-0.1, -0.05) is 13.0 Å². The van der Waals surface area contributed by atoms with E-state index < -0.39 is 0 Å². The van der Waals surface area contributed by atoms with Crippen molar-refractivity contribution in [1.82, 2.24) is 10.3 Å². The van der Waals surface area contributed by atoms with Gasteiger partial charge in [0.15, 0.2) is 5.96 Å². The number of thiazole rings is 1.